The molecule has 5 nitrogen and oxygen atoms in total. The zero-order valence-electron chi connectivity index (χ0n) is 11.5. The number of likely N-dealkylation sites (N-methyl/N-ethyl adjacent to an activating group) is 1. The van der Waals surface area contributed by atoms with Gasteiger partial charge < -0.3 is 20.3 Å². The predicted octanol–water partition coefficient (Wildman–Crippen LogP) is 0.927. The zero-order chi connectivity index (χ0) is 13.7. The van der Waals surface area contributed by atoms with Crippen LogP contribution in [0.2, 0.25) is 0 Å². The maximum atomic E-state index is 12.0. The van der Waals surface area contributed by atoms with Crippen LogP contribution in [-0.4, -0.2) is 50.1 Å². The van der Waals surface area contributed by atoms with Gasteiger partial charge >= 0.3 is 0 Å². The largest absolute Gasteiger partial charge is 0.477 e. The summed E-state index contributed by atoms with van der Waals surface area (Å²) >= 11 is 0. The molecule has 2 N–H and O–H groups in total. The molecule has 1 unspecified atom stereocenters. The second-order valence-electron chi connectivity index (χ2n) is 4.67. The maximum Gasteiger partial charge on any atom is 0.262 e. The molecule has 0 saturated heterocycles. The first kappa shape index (κ1) is 13.7. The quantitative estimate of drug-likeness (QED) is 0.830. The highest BCUT2D eigenvalue weighted by atomic mass is 16.5. The third-order valence-corrected chi connectivity index (χ3v) is 3.26. The van der Waals surface area contributed by atoms with Gasteiger partial charge in [0, 0.05) is 13.1 Å². The number of para-hydroxylation sites is 2. The Morgan fingerprint density at radius 3 is 3.11 bits per heavy atom. The molecule has 0 saturated carbocycles. The van der Waals surface area contributed by atoms with Crippen LogP contribution >= 0.6 is 0 Å². The van der Waals surface area contributed by atoms with E-state index in [0.29, 0.717) is 13.1 Å². The van der Waals surface area contributed by atoms with Gasteiger partial charge in [-0.25, -0.2) is 0 Å². The molecule has 0 spiro atoms. The van der Waals surface area contributed by atoms with E-state index in [0.717, 1.165) is 24.5 Å². The fourth-order valence-corrected chi connectivity index (χ4v) is 1.90. The molecule has 19 heavy (non-hydrogen) atoms. The van der Waals surface area contributed by atoms with Crippen LogP contribution < -0.4 is 15.4 Å². The van der Waals surface area contributed by atoms with Gasteiger partial charge in [-0.15, -0.1) is 0 Å². The number of nitrogens with one attached hydrogen (secondary N) is 2. The van der Waals surface area contributed by atoms with Crippen LogP contribution in [0, 0.1) is 0 Å². The molecule has 104 valence electrons. The summed E-state index contributed by atoms with van der Waals surface area (Å²) in [6.45, 7) is 5.06. The lowest BCUT2D eigenvalue weighted by molar-refractivity contribution is -0.127. The van der Waals surface area contributed by atoms with E-state index < -0.39 is 6.10 Å². The standard InChI is InChI=1S/C14H21N3O2/c1-3-17(2)9-8-15-14(18)13-10-16-11-6-4-5-7-12(11)19-13/h4-7,13,16H,3,8-10H2,1-2H3,(H,15,18). The van der Waals surface area contributed by atoms with Crippen LogP contribution in [0.5, 0.6) is 5.75 Å². The molecule has 1 atom stereocenters. The fourth-order valence-electron chi connectivity index (χ4n) is 1.90. The predicted molar refractivity (Wildman–Crippen MR) is 75.5 cm³/mol. The van der Waals surface area contributed by atoms with E-state index in [1.807, 2.05) is 31.3 Å². The number of nitrogens with zero attached hydrogens (tertiary/aromatic N) is 1. The lowest BCUT2D eigenvalue weighted by atomic mass is 10.2. The van der Waals surface area contributed by atoms with Gasteiger partial charge in [-0.2, -0.15) is 0 Å². The van der Waals surface area contributed by atoms with Crippen molar-refractivity contribution in [1.29, 1.82) is 0 Å². The van der Waals surface area contributed by atoms with Gasteiger partial charge in [0.1, 0.15) is 5.75 Å². The molecule has 0 aromatic heterocycles. The number of rotatable bonds is 5. The molecule has 2 rings (SSSR count). The highest BCUT2D eigenvalue weighted by Gasteiger charge is 2.25. The summed E-state index contributed by atoms with van der Waals surface area (Å²) in [5.74, 6) is 0.672. The van der Waals surface area contributed by atoms with E-state index in [1.54, 1.807) is 0 Å². The molecule has 0 aliphatic carbocycles. The van der Waals surface area contributed by atoms with E-state index in [1.165, 1.54) is 0 Å². The van der Waals surface area contributed by atoms with E-state index >= 15 is 0 Å². The number of hydrogen-bond donors (Lipinski definition) is 2. The maximum absolute atomic E-state index is 12.0. The zero-order valence-corrected chi connectivity index (χ0v) is 11.5. The average molecular weight is 263 g/mol. The Balaban J connectivity index is 1.82. The number of carbonyl (C=O) groups is 1. The molecule has 1 amide bonds. The summed E-state index contributed by atoms with van der Waals surface area (Å²) in [6.07, 6.45) is -0.457. The van der Waals surface area contributed by atoms with Crippen molar-refractivity contribution in [1.82, 2.24) is 10.2 Å². The normalized spacial score (nSPS) is 17.3. The summed E-state index contributed by atoms with van der Waals surface area (Å²) < 4.78 is 5.69. The molecular formula is C14H21N3O2. The Labute approximate surface area is 113 Å². The van der Waals surface area contributed by atoms with Gasteiger partial charge in [0.2, 0.25) is 0 Å². The SMILES string of the molecule is CCN(C)CCNC(=O)C1CNc2ccccc2O1. The van der Waals surface area contributed by atoms with Crippen molar-refractivity contribution in [3.8, 4) is 5.75 Å². The van der Waals surface area contributed by atoms with Gasteiger partial charge in [0.15, 0.2) is 6.10 Å². The van der Waals surface area contributed by atoms with Crippen LogP contribution in [-0.2, 0) is 4.79 Å². The molecule has 0 fully saturated rings. The van der Waals surface area contributed by atoms with Crippen LogP contribution in [0.3, 0.4) is 0 Å². The minimum absolute atomic E-state index is 0.0634. The number of fused-ring (bicyclic) bond motifs is 1. The first-order valence-electron chi connectivity index (χ1n) is 6.66. The van der Waals surface area contributed by atoms with Crippen molar-refractivity contribution < 1.29 is 9.53 Å². The molecule has 1 heterocycles. The Morgan fingerprint density at radius 2 is 2.32 bits per heavy atom. The van der Waals surface area contributed by atoms with Gasteiger partial charge in [0.05, 0.1) is 12.2 Å². The van der Waals surface area contributed by atoms with Gasteiger partial charge in [-0.05, 0) is 25.7 Å². The van der Waals surface area contributed by atoms with Gasteiger partial charge in [-0.1, -0.05) is 19.1 Å². The summed E-state index contributed by atoms with van der Waals surface area (Å²) in [6, 6.07) is 7.65. The Bertz CT molecular complexity index is 436. The molecule has 1 aliphatic rings. The Hall–Kier alpha value is -1.75. The van der Waals surface area contributed by atoms with E-state index in [4.69, 9.17) is 4.74 Å². The topological polar surface area (TPSA) is 53.6 Å². The number of carbonyl (C=O) groups excluding carboxylic acids is 1. The first-order valence-corrected chi connectivity index (χ1v) is 6.66. The number of anilines is 1. The second kappa shape index (κ2) is 6.43. The molecule has 1 aromatic carbocycles. The third kappa shape index (κ3) is 3.61. The number of hydrogen-bond acceptors (Lipinski definition) is 4. The van der Waals surface area contributed by atoms with Crippen LogP contribution in [0.4, 0.5) is 5.69 Å². The summed E-state index contributed by atoms with van der Waals surface area (Å²) in [4.78, 5) is 14.1. The first-order chi connectivity index (χ1) is 9.20. The summed E-state index contributed by atoms with van der Waals surface area (Å²) in [5, 5.41) is 6.11. The monoisotopic (exact) mass is 263 g/mol. The molecule has 0 bridgehead atoms. The van der Waals surface area contributed by atoms with E-state index in [2.05, 4.69) is 22.5 Å². The van der Waals surface area contributed by atoms with Crippen molar-refractivity contribution in [2.24, 2.45) is 0 Å². The number of ether oxygens (including phenoxy) is 1. The summed E-state index contributed by atoms with van der Waals surface area (Å²) in [5.41, 5.74) is 0.942. The third-order valence-electron chi connectivity index (χ3n) is 3.26. The van der Waals surface area contributed by atoms with Crippen molar-refractivity contribution in [2.75, 3.05) is 38.5 Å². The van der Waals surface area contributed by atoms with E-state index in [-0.39, 0.29) is 5.91 Å². The van der Waals surface area contributed by atoms with Crippen LogP contribution in [0.1, 0.15) is 6.92 Å². The van der Waals surface area contributed by atoms with Crippen molar-refractivity contribution >= 4 is 11.6 Å². The highest BCUT2D eigenvalue weighted by molar-refractivity contribution is 5.83. The van der Waals surface area contributed by atoms with Gasteiger partial charge in [0.25, 0.3) is 5.91 Å². The minimum atomic E-state index is -0.457. The van der Waals surface area contributed by atoms with Crippen molar-refractivity contribution in [3.63, 3.8) is 0 Å². The highest BCUT2D eigenvalue weighted by Crippen LogP contribution is 2.27. The molecule has 0 radical (unpaired) electrons. The number of benzene rings is 1. The molecule has 1 aromatic rings. The smallest absolute Gasteiger partial charge is 0.262 e. The van der Waals surface area contributed by atoms with Crippen molar-refractivity contribution in [3.05, 3.63) is 24.3 Å². The lowest BCUT2D eigenvalue weighted by Gasteiger charge is -2.26. The van der Waals surface area contributed by atoms with E-state index in [9.17, 15) is 4.79 Å². The minimum Gasteiger partial charge on any atom is -0.477 e. The van der Waals surface area contributed by atoms with Crippen molar-refractivity contribution in [2.45, 2.75) is 13.0 Å². The van der Waals surface area contributed by atoms with Crippen LogP contribution in [0.15, 0.2) is 24.3 Å². The molecule has 1 aliphatic heterocycles. The molecule has 5 heteroatoms. The fraction of sp³-hybridized carbons (Fsp3) is 0.500. The Kier molecular flexibility index (Phi) is 4.63. The van der Waals surface area contributed by atoms with Gasteiger partial charge in [-0.3, -0.25) is 4.79 Å². The van der Waals surface area contributed by atoms with Crippen LogP contribution in [0.25, 0.3) is 0 Å². The second-order valence-corrected chi connectivity index (χ2v) is 4.67. The molecular weight excluding hydrogens is 242 g/mol. The average Bonchev–Trinajstić information content (AvgIpc) is 2.46. The lowest BCUT2D eigenvalue weighted by Crippen LogP contribution is -2.46. The Morgan fingerprint density at radius 1 is 1.53 bits per heavy atom. The summed E-state index contributed by atoms with van der Waals surface area (Å²) in [7, 11) is 2.03. The number of amides is 1.